The van der Waals surface area contributed by atoms with Crippen molar-refractivity contribution in [3.8, 4) is 0 Å². The molecule has 8 heteroatoms. The number of aromatic amines is 1. The van der Waals surface area contributed by atoms with E-state index in [0.29, 0.717) is 30.6 Å². The molecule has 2 aromatic rings. The van der Waals surface area contributed by atoms with Crippen molar-refractivity contribution in [3.05, 3.63) is 16.7 Å². The molecule has 0 amide bonds. The fraction of sp³-hybridized carbons (Fsp3) is 0.611. The minimum atomic E-state index is -0.340. The highest BCUT2D eigenvalue weighted by Crippen LogP contribution is 2.23. The number of nitrogens with two attached hydrogens (primary N) is 1. The molecular weight excluding hydrogens is 334 g/mol. The summed E-state index contributed by atoms with van der Waals surface area (Å²) in [4.78, 5) is 46.5. The standard InChI is InChI=1S/C18H25N5O3/c19-18-21-16-15(17(26)22-18)23(11-20-16)10-6-2-1-3-8-13(24)12-7-4-5-9-14(12)25/h11-12H,1-10H2,(H3,19,21,22,26). The molecule has 8 nitrogen and oxygen atoms in total. The molecule has 140 valence electrons. The summed E-state index contributed by atoms with van der Waals surface area (Å²) in [6, 6.07) is 0. The highest BCUT2D eigenvalue weighted by molar-refractivity contribution is 6.02. The molecule has 3 rings (SSSR count). The number of carbonyl (C=O) groups is 2. The normalized spacial score (nSPS) is 17.7. The number of carbonyl (C=O) groups excluding carboxylic acids is 2. The van der Waals surface area contributed by atoms with Crippen molar-refractivity contribution in [3.63, 3.8) is 0 Å². The summed E-state index contributed by atoms with van der Waals surface area (Å²) in [7, 11) is 0. The summed E-state index contributed by atoms with van der Waals surface area (Å²) in [5.74, 6) is -0.0280. The monoisotopic (exact) mass is 359 g/mol. The molecule has 0 radical (unpaired) electrons. The van der Waals surface area contributed by atoms with Crippen molar-refractivity contribution in [2.75, 3.05) is 5.73 Å². The minimum Gasteiger partial charge on any atom is -0.369 e. The van der Waals surface area contributed by atoms with Gasteiger partial charge in [-0.05, 0) is 25.7 Å². The predicted molar refractivity (Wildman–Crippen MR) is 97.6 cm³/mol. The maximum atomic E-state index is 12.2. The number of imidazole rings is 1. The number of hydrogen-bond donors (Lipinski definition) is 2. The van der Waals surface area contributed by atoms with Crippen molar-refractivity contribution < 1.29 is 9.59 Å². The van der Waals surface area contributed by atoms with E-state index in [9.17, 15) is 14.4 Å². The third-order valence-electron chi connectivity index (χ3n) is 5.02. The minimum absolute atomic E-state index is 0.0638. The molecule has 1 fully saturated rings. The average molecular weight is 359 g/mol. The second kappa shape index (κ2) is 8.25. The summed E-state index contributed by atoms with van der Waals surface area (Å²) in [5.41, 5.74) is 6.02. The van der Waals surface area contributed by atoms with E-state index in [1.165, 1.54) is 0 Å². The van der Waals surface area contributed by atoms with Crippen molar-refractivity contribution >= 4 is 28.7 Å². The molecule has 1 atom stereocenters. The van der Waals surface area contributed by atoms with Gasteiger partial charge in [0.2, 0.25) is 5.95 Å². The van der Waals surface area contributed by atoms with Crippen molar-refractivity contribution in [2.45, 2.75) is 64.3 Å². The summed E-state index contributed by atoms with van der Waals surface area (Å²) in [5, 5.41) is 0. The molecule has 1 saturated carbocycles. The Bertz CT molecular complexity index is 854. The van der Waals surface area contributed by atoms with Gasteiger partial charge in [-0.3, -0.25) is 19.4 Å². The Balaban J connectivity index is 1.40. The summed E-state index contributed by atoms with van der Waals surface area (Å²) in [6.45, 7) is 0.667. The van der Waals surface area contributed by atoms with Gasteiger partial charge in [-0.2, -0.15) is 4.98 Å². The summed E-state index contributed by atoms with van der Waals surface area (Å²) < 4.78 is 1.78. The lowest BCUT2D eigenvalue weighted by Gasteiger charge is -2.19. The highest BCUT2D eigenvalue weighted by Gasteiger charge is 2.27. The van der Waals surface area contributed by atoms with Crippen molar-refractivity contribution in [2.24, 2.45) is 5.92 Å². The van der Waals surface area contributed by atoms with Crippen LogP contribution in [0.2, 0.25) is 0 Å². The smallest absolute Gasteiger partial charge is 0.278 e. The molecule has 1 aliphatic rings. The summed E-state index contributed by atoms with van der Waals surface area (Å²) in [6.07, 6.45) is 8.88. The number of H-pyrrole nitrogens is 1. The first-order valence-electron chi connectivity index (χ1n) is 9.32. The maximum Gasteiger partial charge on any atom is 0.278 e. The zero-order valence-electron chi connectivity index (χ0n) is 14.9. The van der Waals surface area contributed by atoms with Gasteiger partial charge < -0.3 is 10.3 Å². The van der Waals surface area contributed by atoms with E-state index in [2.05, 4.69) is 15.0 Å². The highest BCUT2D eigenvalue weighted by atomic mass is 16.2. The number of unbranched alkanes of at least 4 members (excludes halogenated alkanes) is 3. The number of ketones is 2. The number of hydrogen-bond acceptors (Lipinski definition) is 6. The van der Waals surface area contributed by atoms with Crippen LogP contribution in [-0.4, -0.2) is 31.1 Å². The number of nitrogens with zero attached hydrogens (tertiary/aromatic N) is 3. The molecule has 0 aromatic carbocycles. The number of Topliss-reactive ketones (excluding diaryl/α,β-unsaturated/α-hetero) is 2. The van der Waals surface area contributed by atoms with Crippen LogP contribution in [-0.2, 0) is 16.1 Å². The number of fused-ring (bicyclic) bond motifs is 1. The van der Waals surface area contributed by atoms with Gasteiger partial charge in [-0.1, -0.05) is 19.3 Å². The second-order valence-electron chi connectivity index (χ2n) is 6.96. The third kappa shape index (κ3) is 4.17. The first kappa shape index (κ1) is 18.3. The van der Waals surface area contributed by atoms with Crippen LogP contribution in [0.1, 0.15) is 57.8 Å². The summed E-state index contributed by atoms with van der Waals surface area (Å²) >= 11 is 0. The zero-order chi connectivity index (χ0) is 18.5. The lowest BCUT2D eigenvalue weighted by molar-refractivity contribution is -0.134. The molecule has 0 aliphatic heterocycles. The second-order valence-corrected chi connectivity index (χ2v) is 6.96. The van der Waals surface area contributed by atoms with Crippen LogP contribution in [0.25, 0.3) is 11.2 Å². The van der Waals surface area contributed by atoms with E-state index in [0.717, 1.165) is 44.9 Å². The topological polar surface area (TPSA) is 124 Å². The molecule has 0 saturated heterocycles. The third-order valence-corrected chi connectivity index (χ3v) is 5.02. The molecule has 1 aliphatic carbocycles. The number of rotatable bonds is 8. The lowest BCUT2D eigenvalue weighted by atomic mass is 9.83. The lowest BCUT2D eigenvalue weighted by Crippen LogP contribution is -2.27. The molecule has 0 spiro atoms. The number of aromatic nitrogens is 4. The van der Waals surface area contributed by atoms with Crippen LogP contribution < -0.4 is 11.3 Å². The van der Waals surface area contributed by atoms with Crippen LogP contribution in [0.4, 0.5) is 5.95 Å². The van der Waals surface area contributed by atoms with Gasteiger partial charge in [-0.15, -0.1) is 0 Å². The maximum absolute atomic E-state index is 12.2. The SMILES string of the molecule is Nc1nc2ncn(CCCCCCC(=O)C3CCCCC3=O)c2c(=O)[nH]1. The van der Waals surface area contributed by atoms with Gasteiger partial charge in [0.25, 0.3) is 5.56 Å². The van der Waals surface area contributed by atoms with Crippen LogP contribution in [0.15, 0.2) is 11.1 Å². The van der Waals surface area contributed by atoms with E-state index in [1.54, 1.807) is 10.9 Å². The number of nitrogens with one attached hydrogen (secondary N) is 1. The van der Waals surface area contributed by atoms with Crippen LogP contribution >= 0.6 is 0 Å². The van der Waals surface area contributed by atoms with Gasteiger partial charge in [0.1, 0.15) is 11.6 Å². The molecule has 0 bridgehead atoms. The first-order valence-corrected chi connectivity index (χ1v) is 9.32. The Kier molecular flexibility index (Phi) is 5.80. The van der Waals surface area contributed by atoms with Crippen molar-refractivity contribution in [1.29, 1.82) is 0 Å². The Labute approximate surface area is 151 Å². The largest absolute Gasteiger partial charge is 0.369 e. The van der Waals surface area contributed by atoms with Gasteiger partial charge in [-0.25, -0.2) is 4.98 Å². The van der Waals surface area contributed by atoms with Crippen LogP contribution in [0.5, 0.6) is 0 Å². The Morgan fingerprint density at radius 1 is 1.23 bits per heavy atom. The van der Waals surface area contributed by atoms with Gasteiger partial charge in [0, 0.05) is 19.4 Å². The zero-order valence-corrected chi connectivity index (χ0v) is 14.9. The van der Waals surface area contributed by atoms with Crippen molar-refractivity contribution in [1.82, 2.24) is 19.5 Å². The Hall–Kier alpha value is -2.51. The predicted octanol–water partition coefficient (Wildman–Crippen LogP) is 1.98. The van der Waals surface area contributed by atoms with Gasteiger partial charge in [0.15, 0.2) is 11.2 Å². The molecular formula is C18H25N5O3. The van der Waals surface area contributed by atoms with Gasteiger partial charge in [0.05, 0.1) is 12.2 Å². The van der Waals surface area contributed by atoms with Gasteiger partial charge >= 0.3 is 0 Å². The Morgan fingerprint density at radius 3 is 2.85 bits per heavy atom. The fourth-order valence-corrected chi connectivity index (χ4v) is 3.61. The van der Waals surface area contributed by atoms with E-state index in [-0.39, 0.29) is 29.0 Å². The number of nitrogen functional groups attached to an aromatic ring is 1. The van der Waals surface area contributed by atoms with Crippen LogP contribution in [0.3, 0.4) is 0 Å². The van der Waals surface area contributed by atoms with E-state index in [1.807, 2.05) is 0 Å². The van der Waals surface area contributed by atoms with Crippen LogP contribution in [0, 0.1) is 5.92 Å². The van der Waals surface area contributed by atoms with E-state index >= 15 is 0 Å². The van der Waals surface area contributed by atoms with E-state index < -0.39 is 0 Å². The molecule has 3 N–H and O–H groups in total. The van der Waals surface area contributed by atoms with E-state index in [4.69, 9.17) is 5.73 Å². The average Bonchev–Trinajstić information content (AvgIpc) is 3.01. The molecule has 2 heterocycles. The Morgan fingerprint density at radius 2 is 2.04 bits per heavy atom. The molecule has 26 heavy (non-hydrogen) atoms. The first-order chi connectivity index (χ1) is 12.6. The number of aryl methyl sites for hydroxylation is 1. The number of anilines is 1. The fourth-order valence-electron chi connectivity index (χ4n) is 3.61. The molecule has 1 unspecified atom stereocenters. The quantitative estimate of drug-likeness (QED) is 0.548. The molecule has 2 aromatic heterocycles.